The van der Waals surface area contributed by atoms with E-state index in [9.17, 15) is 13.2 Å². The number of aromatic nitrogens is 2. The minimum atomic E-state index is -4.37. The number of rotatable bonds is 11. The number of nitrogens with zero attached hydrogens (tertiary/aromatic N) is 3. The van der Waals surface area contributed by atoms with Gasteiger partial charge in [0.15, 0.2) is 0 Å². The molecule has 0 bridgehead atoms. The smallest absolute Gasteiger partial charge is 0.327 e. The lowest BCUT2D eigenvalue weighted by molar-refractivity contribution is -0.137. The largest absolute Gasteiger partial charge is 0.416 e. The second-order valence-corrected chi connectivity index (χ2v) is 7.51. The van der Waals surface area contributed by atoms with E-state index in [4.69, 9.17) is 5.73 Å². The van der Waals surface area contributed by atoms with Gasteiger partial charge < -0.3 is 15.2 Å². The topological polar surface area (TPSA) is 47.1 Å². The summed E-state index contributed by atoms with van der Waals surface area (Å²) in [5, 5.41) is 0. The Morgan fingerprint density at radius 1 is 1.07 bits per heavy atom. The van der Waals surface area contributed by atoms with Gasteiger partial charge in [-0.2, -0.15) is 13.2 Å². The highest BCUT2D eigenvalue weighted by Crippen LogP contribution is 2.32. The number of hydrogen-bond acceptors (Lipinski definition) is 3. The van der Waals surface area contributed by atoms with Crippen LogP contribution in [0.15, 0.2) is 18.2 Å². The van der Waals surface area contributed by atoms with Crippen LogP contribution in [-0.2, 0) is 12.7 Å². The molecule has 1 unspecified atom stereocenters. The number of fused-ring (bicyclic) bond motifs is 1. The molecule has 1 aromatic heterocycles. The zero-order valence-electron chi connectivity index (χ0n) is 17.2. The average Bonchev–Trinajstić information content (AvgIpc) is 3.01. The molecule has 1 heterocycles. The van der Waals surface area contributed by atoms with Crippen LogP contribution in [-0.4, -0.2) is 34.1 Å². The zero-order chi connectivity index (χ0) is 20.7. The molecule has 28 heavy (non-hydrogen) atoms. The van der Waals surface area contributed by atoms with Crippen molar-refractivity contribution < 1.29 is 13.2 Å². The van der Waals surface area contributed by atoms with Crippen molar-refractivity contribution in [3.63, 3.8) is 0 Å². The van der Waals surface area contributed by atoms with Crippen molar-refractivity contribution in [3.8, 4) is 0 Å². The first kappa shape index (κ1) is 22.7. The highest BCUT2D eigenvalue weighted by molar-refractivity contribution is 5.77. The lowest BCUT2D eigenvalue weighted by atomic mass is 10.2. The zero-order valence-corrected chi connectivity index (χ0v) is 17.2. The second kappa shape index (κ2) is 10.3. The molecule has 1 aromatic carbocycles. The fraction of sp³-hybridized carbons (Fsp3) is 0.667. The van der Waals surface area contributed by atoms with E-state index in [0.29, 0.717) is 23.4 Å². The standard InChI is InChI=1S/C21H33F3N4/c1-4-6-11-27(12-7-5-2)13-8-14-28-19-10-9-17(21(22,23)24)15-18(19)26-20(28)16(3)25/h9-10,15-16H,4-8,11-14,25H2,1-3H3. The number of aryl methyl sites for hydroxylation is 1. The Labute approximate surface area is 165 Å². The third-order valence-electron chi connectivity index (χ3n) is 5.02. The van der Waals surface area contributed by atoms with Crippen LogP contribution in [0.25, 0.3) is 11.0 Å². The molecular weight excluding hydrogens is 365 g/mol. The minimum Gasteiger partial charge on any atom is -0.327 e. The molecule has 2 N–H and O–H groups in total. The predicted molar refractivity (Wildman–Crippen MR) is 108 cm³/mol. The van der Waals surface area contributed by atoms with Gasteiger partial charge in [0, 0.05) is 6.54 Å². The maximum Gasteiger partial charge on any atom is 0.416 e. The quantitative estimate of drug-likeness (QED) is 0.554. The van der Waals surface area contributed by atoms with Crippen LogP contribution in [0.5, 0.6) is 0 Å². The number of unbranched alkanes of at least 4 members (excludes halogenated alkanes) is 2. The predicted octanol–water partition coefficient (Wildman–Crippen LogP) is 5.37. The average molecular weight is 399 g/mol. The Bertz CT molecular complexity index is 729. The third-order valence-corrected chi connectivity index (χ3v) is 5.02. The van der Waals surface area contributed by atoms with E-state index in [2.05, 4.69) is 23.7 Å². The lowest BCUT2D eigenvalue weighted by Crippen LogP contribution is -2.28. The molecule has 0 aliphatic heterocycles. The molecule has 2 aromatic rings. The van der Waals surface area contributed by atoms with Crippen molar-refractivity contribution in [1.29, 1.82) is 0 Å². The summed E-state index contributed by atoms with van der Waals surface area (Å²) < 4.78 is 41.0. The number of imidazole rings is 1. The molecule has 0 fully saturated rings. The van der Waals surface area contributed by atoms with Crippen LogP contribution in [0.1, 0.15) is 70.3 Å². The fourth-order valence-electron chi connectivity index (χ4n) is 3.46. The Hall–Kier alpha value is -1.60. The molecule has 7 heteroatoms. The van der Waals surface area contributed by atoms with Crippen molar-refractivity contribution in [2.75, 3.05) is 19.6 Å². The molecule has 0 spiro atoms. The molecule has 0 radical (unpaired) electrons. The molecule has 0 saturated heterocycles. The van der Waals surface area contributed by atoms with E-state index in [1.54, 1.807) is 0 Å². The highest BCUT2D eigenvalue weighted by Gasteiger charge is 2.31. The van der Waals surface area contributed by atoms with Gasteiger partial charge in [0.25, 0.3) is 0 Å². The molecule has 0 aliphatic rings. The maximum absolute atomic E-state index is 13.0. The summed E-state index contributed by atoms with van der Waals surface area (Å²) in [7, 11) is 0. The van der Waals surface area contributed by atoms with Gasteiger partial charge in [-0.1, -0.05) is 26.7 Å². The highest BCUT2D eigenvalue weighted by atomic mass is 19.4. The van der Waals surface area contributed by atoms with Gasteiger partial charge in [-0.25, -0.2) is 4.98 Å². The van der Waals surface area contributed by atoms with Crippen LogP contribution >= 0.6 is 0 Å². The number of hydrogen-bond donors (Lipinski definition) is 1. The summed E-state index contributed by atoms with van der Waals surface area (Å²) in [4.78, 5) is 6.89. The summed E-state index contributed by atoms with van der Waals surface area (Å²) in [6.45, 7) is 10.1. The van der Waals surface area contributed by atoms with Crippen molar-refractivity contribution in [2.24, 2.45) is 5.73 Å². The minimum absolute atomic E-state index is 0.335. The van der Waals surface area contributed by atoms with Crippen LogP contribution in [0.2, 0.25) is 0 Å². The molecule has 2 rings (SSSR count). The fourth-order valence-corrected chi connectivity index (χ4v) is 3.46. The molecular formula is C21H33F3N4. The van der Waals surface area contributed by atoms with Gasteiger partial charge in [0.1, 0.15) is 5.82 Å². The molecule has 0 amide bonds. The monoisotopic (exact) mass is 398 g/mol. The Balaban J connectivity index is 2.16. The first-order chi connectivity index (χ1) is 13.3. The van der Waals surface area contributed by atoms with Crippen LogP contribution < -0.4 is 5.73 Å². The summed E-state index contributed by atoms with van der Waals surface area (Å²) >= 11 is 0. The molecule has 158 valence electrons. The lowest BCUT2D eigenvalue weighted by Gasteiger charge is -2.22. The number of nitrogens with two attached hydrogens (primary N) is 1. The van der Waals surface area contributed by atoms with Crippen molar-refractivity contribution in [1.82, 2.24) is 14.5 Å². The van der Waals surface area contributed by atoms with E-state index < -0.39 is 11.7 Å². The molecule has 4 nitrogen and oxygen atoms in total. The van der Waals surface area contributed by atoms with Crippen LogP contribution in [0.3, 0.4) is 0 Å². The van der Waals surface area contributed by atoms with E-state index >= 15 is 0 Å². The van der Waals surface area contributed by atoms with E-state index in [1.807, 2.05) is 11.5 Å². The van der Waals surface area contributed by atoms with Crippen molar-refractivity contribution in [3.05, 3.63) is 29.6 Å². The van der Waals surface area contributed by atoms with Crippen LogP contribution in [0, 0.1) is 0 Å². The third kappa shape index (κ3) is 5.95. The Kier molecular flexibility index (Phi) is 8.31. The summed E-state index contributed by atoms with van der Waals surface area (Å²) in [6, 6.07) is 3.42. The van der Waals surface area contributed by atoms with E-state index in [1.165, 1.54) is 31.7 Å². The molecule has 1 atom stereocenters. The second-order valence-electron chi connectivity index (χ2n) is 7.51. The molecule has 0 aliphatic carbocycles. The maximum atomic E-state index is 13.0. The molecule has 0 saturated carbocycles. The summed E-state index contributed by atoms with van der Waals surface area (Å²) in [5.74, 6) is 0.642. The van der Waals surface area contributed by atoms with Crippen LogP contribution in [0.4, 0.5) is 13.2 Å². The van der Waals surface area contributed by atoms with E-state index in [-0.39, 0.29) is 6.04 Å². The Morgan fingerprint density at radius 3 is 2.21 bits per heavy atom. The van der Waals surface area contributed by atoms with Gasteiger partial charge in [-0.15, -0.1) is 0 Å². The first-order valence-corrected chi connectivity index (χ1v) is 10.3. The van der Waals surface area contributed by atoms with Gasteiger partial charge in [0.2, 0.25) is 0 Å². The number of halogens is 3. The van der Waals surface area contributed by atoms with Gasteiger partial charge in [-0.05, 0) is 64.0 Å². The SMILES string of the molecule is CCCCN(CCCC)CCCn1c(C(C)N)nc2cc(C(F)(F)F)ccc21. The number of alkyl halides is 3. The van der Waals surface area contributed by atoms with Gasteiger partial charge in [0.05, 0.1) is 22.6 Å². The van der Waals surface area contributed by atoms with Gasteiger partial charge >= 0.3 is 6.18 Å². The van der Waals surface area contributed by atoms with Gasteiger partial charge in [-0.3, -0.25) is 0 Å². The van der Waals surface area contributed by atoms with E-state index in [0.717, 1.165) is 38.2 Å². The summed E-state index contributed by atoms with van der Waals surface area (Å²) in [6.07, 6.45) is 1.26. The van der Waals surface area contributed by atoms with Crippen molar-refractivity contribution >= 4 is 11.0 Å². The first-order valence-electron chi connectivity index (χ1n) is 10.3. The Morgan fingerprint density at radius 2 is 1.68 bits per heavy atom. The normalized spacial score (nSPS) is 13.6. The number of benzene rings is 1. The van der Waals surface area contributed by atoms with Crippen molar-refractivity contribution in [2.45, 2.75) is 71.6 Å². The summed E-state index contributed by atoms with van der Waals surface area (Å²) in [5.41, 5.74) is 6.45.